The first-order valence-electron chi connectivity index (χ1n) is 7.82. The van der Waals surface area contributed by atoms with Crippen molar-refractivity contribution in [3.05, 3.63) is 24.3 Å². The van der Waals surface area contributed by atoms with Gasteiger partial charge >= 0.3 is 5.97 Å². The first kappa shape index (κ1) is 17.8. The van der Waals surface area contributed by atoms with Gasteiger partial charge < -0.3 is 10.4 Å². The lowest BCUT2D eigenvalue weighted by molar-refractivity contribution is -0.145. The normalized spacial score (nSPS) is 23.3. The average molecular weight is 336 g/mol. The number of aliphatic carboxylic acids is 1. The third-order valence-corrected chi connectivity index (χ3v) is 5.07. The molecule has 0 aromatic heterocycles. The van der Waals surface area contributed by atoms with Gasteiger partial charge in [0.2, 0.25) is 5.91 Å². The monoisotopic (exact) mass is 336 g/mol. The number of anilines is 1. The van der Waals surface area contributed by atoms with Crippen molar-refractivity contribution in [1.29, 1.82) is 0 Å². The van der Waals surface area contributed by atoms with Crippen molar-refractivity contribution in [1.82, 2.24) is 4.90 Å². The zero-order chi connectivity index (χ0) is 17.0. The smallest absolute Gasteiger partial charge is 0.307 e. The lowest BCUT2D eigenvalue weighted by Crippen LogP contribution is -2.50. The van der Waals surface area contributed by atoms with Crippen LogP contribution in [0.1, 0.15) is 20.3 Å². The van der Waals surface area contributed by atoms with Crippen LogP contribution in [0.2, 0.25) is 0 Å². The van der Waals surface area contributed by atoms with Crippen LogP contribution in [0, 0.1) is 11.8 Å². The molecule has 0 saturated carbocycles. The predicted octanol–water partition coefficient (Wildman–Crippen LogP) is 2.78. The van der Waals surface area contributed by atoms with E-state index in [1.807, 2.05) is 49.3 Å². The summed E-state index contributed by atoms with van der Waals surface area (Å²) in [5, 5.41) is 12.2. The molecule has 1 fully saturated rings. The van der Waals surface area contributed by atoms with Gasteiger partial charge in [-0.25, -0.2) is 0 Å². The van der Waals surface area contributed by atoms with E-state index in [1.54, 1.807) is 11.8 Å². The number of benzene rings is 1. The Morgan fingerprint density at radius 1 is 1.30 bits per heavy atom. The Balaban J connectivity index is 1.98. The molecule has 23 heavy (non-hydrogen) atoms. The lowest BCUT2D eigenvalue weighted by Gasteiger charge is -2.37. The molecule has 1 aromatic carbocycles. The summed E-state index contributed by atoms with van der Waals surface area (Å²) < 4.78 is 0. The van der Waals surface area contributed by atoms with Crippen molar-refractivity contribution >= 4 is 29.3 Å². The summed E-state index contributed by atoms with van der Waals surface area (Å²) in [5.41, 5.74) is 0.763. The van der Waals surface area contributed by atoms with Gasteiger partial charge in [0, 0.05) is 23.7 Å². The largest absolute Gasteiger partial charge is 0.481 e. The number of carbonyl (C=O) groups is 2. The number of hydrogen-bond donors (Lipinski definition) is 2. The third kappa shape index (κ3) is 4.72. The second-order valence-electron chi connectivity index (χ2n) is 6.22. The van der Waals surface area contributed by atoms with Crippen molar-refractivity contribution in [2.24, 2.45) is 11.8 Å². The minimum absolute atomic E-state index is 0.0971. The molecular weight excluding hydrogens is 312 g/mol. The Bertz CT molecular complexity index is 561. The van der Waals surface area contributed by atoms with E-state index in [1.165, 1.54) is 0 Å². The highest BCUT2D eigenvalue weighted by Crippen LogP contribution is 2.24. The first-order chi connectivity index (χ1) is 10.9. The molecule has 2 rings (SSSR count). The minimum Gasteiger partial charge on any atom is -0.481 e. The van der Waals surface area contributed by atoms with E-state index < -0.39 is 11.9 Å². The molecule has 1 aliphatic rings. The van der Waals surface area contributed by atoms with Crippen LogP contribution in [0.3, 0.4) is 0 Å². The molecule has 6 heteroatoms. The maximum atomic E-state index is 12.4. The van der Waals surface area contributed by atoms with E-state index in [9.17, 15) is 14.7 Å². The summed E-state index contributed by atoms with van der Waals surface area (Å²) in [6, 6.07) is 7.35. The fourth-order valence-corrected chi connectivity index (χ4v) is 3.38. The van der Waals surface area contributed by atoms with E-state index in [0.29, 0.717) is 13.0 Å². The highest BCUT2D eigenvalue weighted by atomic mass is 32.2. The Hall–Kier alpha value is -1.53. The van der Waals surface area contributed by atoms with Crippen LogP contribution in [-0.4, -0.2) is 47.3 Å². The molecule has 2 N–H and O–H groups in total. The molecule has 1 amide bonds. The Morgan fingerprint density at radius 2 is 1.96 bits per heavy atom. The van der Waals surface area contributed by atoms with Crippen LogP contribution in [0.4, 0.5) is 5.69 Å². The molecule has 1 saturated heterocycles. The van der Waals surface area contributed by atoms with Gasteiger partial charge in [0.05, 0.1) is 12.0 Å². The summed E-state index contributed by atoms with van der Waals surface area (Å²) in [7, 11) is 0. The molecule has 126 valence electrons. The highest BCUT2D eigenvalue weighted by molar-refractivity contribution is 7.98. The highest BCUT2D eigenvalue weighted by Gasteiger charge is 2.33. The van der Waals surface area contributed by atoms with Gasteiger partial charge in [0.1, 0.15) is 0 Å². The van der Waals surface area contributed by atoms with Crippen LogP contribution < -0.4 is 5.32 Å². The molecule has 0 bridgehead atoms. The average Bonchev–Trinajstić information content (AvgIpc) is 2.54. The number of nitrogens with zero attached hydrogens (tertiary/aromatic N) is 1. The van der Waals surface area contributed by atoms with Crippen LogP contribution in [0.15, 0.2) is 29.2 Å². The summed E-state index contributed by atoms with van der Waals surface area (Å²) in [6.07, 6.45) is 2.68. The van der Waals surface area contributed by atoms with Crippen LogP contribution in [0.25, 0.3) is 0 Å². The second-order valence-corrected chi connectivity index (χ2v) is 7.10. The van der Waals surface area contributed by atoms with E-state index in [-0.39, 0.29) is 17.9 Å². The summed E-state index contributed by atoms with van der Waals surface area (Å²) in [5.74, 6) is -0.988. The van der Waals surface area contributed by atoms with Gasteiger partial charge in [-0.2, -0.15) is 0 Å². The second kappa shape index (κ2) is 7.84. The summed E-state index contributed by atoms with van der Waals surface area (Å²) >= 11 is 1.65. The van der Waals surface area contributed by atoms with E-state index in [2.05, 4.69) is 5.32 Å². The SMILES string of the molecule is CSc1ccc(NC(=O)C(C)N2CC(C)CC(C(=O)O)C2)cc1. The van der Waals surface area contributed by atoms with Crippen molar-refractivity contribution in [3.8, 4) is 0 Å². The van der Waals surface area contributed by atoms with E-state index >= 15 is 0 Å². The molecule has 0 radical (unpaired) electrons. The van der Waals surface area contributed by atoms with Gasteiger partial charge in [-0.1, -0.05) is 6.92 Å². The van der Waals surface area contributed by atoms with E-state index in [0.717, 1.165) is 17.1 Å². The minimum atomic E-state index is -0.776. The Kier molecular flexibility index (Phi) is 6.07. The number of piperidine rings is 1. The van der Waals surface area contributed by atoms with E-state index in [4.69, 9.17) is 0 Å². The predicted molar refractivity (Wildman–Crippen MR) is 92.8 cm³/mol. The Labute approximate surface area is 141 Å². The zero-order valence-corrected chi connectivity index (χ0v) is 14.6. The van der Waals surface area contributed by atoms with Crippen LogP contribution >= 0.6 is 11.8 Å². The zero-order valence-electron chi connectivity index (χ0n) is 13.8. The van der Waals surface area contributed by atoms with Gasteiger partial charge in [-0.15, -0.1) is 11.8 Å². The lowest BCUT2D eigenvalue weighted by atomic mass is 9.89. The number of thioether (sulfide) groups is 1. The third-order valence-electron chi connectivity index (χ3n) is 4.32. The molecule has 1 heterocycles. The number of amides is 1. The number of carboxylic acids is 1. The number of carbonyl (C=O) groups excluding carboxylic acids is 1. The van der Waals surface area contributed by atoms with Crippen LogP contribution in [-0.2, 0) is 9.59 Å². The number of hydrogen-bond acceptors (Lipinski definition) is 4. The molecule has 1 aliphatic heterocycles. The van der Waals surface area contributed by atoms with Gasteiger partial charge in [0.15, 0.2) is 0 Å². The summed E-state index contributed by atoms with van der Waals surface area (Å²) in [6.45, 7) is 5.06. The topological polar surface area (TPSA) is 69.6 Å². The molecule has 3 atom stereocenters. The number of rotatable bonds is 5. The van der Waals surface area contributed by atoms with Gasteiger partial charge in [0.25, 0.3) is 0 Å². The van der Waals surface area contributed by atoms with Gasteiger partial charge in [-0.3, -0.25) is 14.5 Å². The van der Waals surface area contributed by atoms with Crippen molar-refractivity contribution in [2.75, 3.05) is 24.7 Å². The molecule has 3 unspecified atom stereocenters. The number of likely N-dealkylation sites (tertiary alicyclic amines) is 1. The fraction of sp³-hybridized carbons (Fsp3) is 0.529. The fourth-order valence-electron chi connectivity index (χ4n) is 2.97. The van der Waals surface area contributed by atoms with Crippen molar-refractivity contribution < 1.29 is 14.7 Å². The molecule has 1 aromatic rings. The molecule has 0 aliphatic carbocycles. The first-order valence-corrected chi connectivity index (χ1v) is 9.05. The van der Waals surface area contributed by atoms with Crippen molar-refractivity contribution in [2.45, 2.75) is 31.2 Å². The maximum absolute atomic E-state index is 12.4. The van der Waals surface area contributed by atoms with Crippen molar-refractivity contribution in [3.63, 3.8) is 0 Å². The maximum Gasteiger partial charge on any atom is 0.307 e. The molecular formula is C17H24N2O3S. The number of carboxylic acid groups (broad SMARTS) is 1. The summed E-state index contributed by atoms with van der Waals surface area (Å²) in [4.78, 5) is 26.8. The van der Waals surface area contributed by atoms with Crippen LogP contribution in [0.5, 0.6) is 0 Å². The molecule has 0 spiro atoms. The van der Waals surface area contributed by atoms with Gasteiger partial charge in [-0.05, 0) is 49.8 Å². The molecule has 5 nitrogen and oxygen atoms in total. The number of nitrogens with one attached hydrogen (secondary N) is 1. The quantitative estimate of drug-likeness (QED) is 0.809. The Morgan fingerprint density at radius 3 is 2.52 bits per heavy atom. The standard InChI is InChI=1S/C17H24N2O3S/c1-11-8-13(17(21)22)10-19(9-11)12(2)16(20)18-14-4-6-15(23-3)7-5-14/h4-7,11-13H,8-10H2,1-3H3,(H,18,20)(H,21,22).